The molecule has 2 nitrogen and oxygen atoms in total. The summed E-state index contributed by atoms with van der Waals surface area (Å²) in [6.07, 6.45) is 2.31. The normalized spacial score (nSPS) is 12.4. The number of ether oxygens (including phenoxy) is 1. The molecule has 16 heavy (non-hydrogen) atoms. The first-order chi connectivity index (χ1) is 7.76. The van der Waals surface area contributed by atoms with E-state index in [0.29, 0.717) is 6.04 Å². The van der Waals surface area contributed by atoms with Gasteiger partial charge in [-0.3, -0.25) is 0 Å². The van der Waals surface area contributed by atoms with Crippen molar-refractivity contribution in [2.75, 3.05) is 13.2 Å². The zero-order valence-corrected chi connectivity index (χ0v) is 10.6. The molecule has 0 bridgehead atoms. The van der Waals surface area contributed by atoms with Gasteiger partial charge in [-0.25, -0.2) is 0 Å². The SMILES string of the molecule is CCNC(C)CCc1ccc(OCC)cc1. The van der Waals surface area contributed by atoms with E-state index in [4.69, 9.17) is 4.74 Å². The molecule has 1 aromatic rings. The highest BCUT2D eigenvalue weighted by Crippen LogP contribution is 2.13. The molecule has 0 spiro atoms. The van der Waals surface area contributed by atoms with Crippen LogP contribution in [0.5, 0.6) is 5.75 Å². The van der Waals surface area contributed by atoms with E-state index in [-0.39, 0.29) is 0 Å². The highest BCUT2D eigenvalue weighted by molar-refractivity contribution is 5.27. The van der Waals surface area contributed by atoms with Crippen molar-refractivity contribution in [1.82, 2.24) is 5.32 Å². The maximum atomic E-state index is 5.41. The van der Waals surface area contributed by atoms with E-state index in [0.717, 1.165) is 25.3 Å². The minimum absolute atomic E-state index is 0.594. The van der Waals surface area contributed by atoms with E-state index in [1.165, 1.54) is 12.0 Å². The van der Waals surface area contributed by atoms with Crippen molar-refractivity contribution in [3.8, 4) is 5.75 Å². The number of rotatable bonds is 7. The molecular formula is C14H23NO. The molecule has 1 unspecified atom stereocenters. The van der Waals surface area contributed by atoms with Gasteiger partial charge in [0.2, 0.25) is 0 Å². The van der Waals surface area contributed by atoms with Crippen LogP contribution in [0.25, 0.3) is 0 Å². The van der Waals surface area contributed by atoms with Crippen molar-refractivity contribution in [2.24, 2.45) is 0 Å². The summed E-state index contributed by atoms with van der Waals surface area (Å²) in [5, 5.41) is 3.42. The fraction of sp³-hybridized carbons (Fsp3) is 0.571. The molecule has 0 fully saturated rings. The fourth-order valence-corrected chi connectivity index (χ4v) is 1.75. The zero-order valence-electron chi connectivity index (χ0n) is 10.6. The van der Waals surface area contributed by atoms with E-state index in [1.807, 2.05) is 6.92 Å². The molecule has 0 heterocycles. The molecule has 0 saturated heterocycles. The van der Waals surface area contributed by atoms with Crippen molar-refractivity contribution in [3.05, 3.63) is 29.8 Å². The molecule has 90 valence electrons. The molecule has 0 saturated carbocycles. The van der Waals surface area contributed by atoms with Crippen molar-refractivity contribution in [2.45, 2.75) is 39.7 Å². The third kappa shape index (κ3) is 4.67. The van der Waals surface area contributed by atoms with Crippen LogP contribution in [0.2, 0.25) is 0 Å². The number of nitrogens with one attached hydrogen (secondary N) is 1. The summed E-state index contributed by atoms with van der Waals surface area (Å²) in [5.74, 6) is 0.964. The van der Waals surface area contributed by atoms with Crippen molar-refractivity contribution < 1.29 is 4.74 Å². The summed E-state index contributed by atoms with van der Waals surface area (Å²) in [5.41, 5.74) is 1.38. The second-order valence-electron chi connectivity index (χ2n) is 4.07. The van der Waals surface area contributed by atoms with Crippen LogP contribution in [0.15, 0.2) is 24.3 Å². The minimum atomic E-state index is 0.594. The molecule has 0 amide bonds. The Bertz CT molecular complexity index is 281. The second kappa shape index (κ2) is 7.29. The Hall–Kier alpha value is -1.02. The maximum Gasteiger partial charge on any atom is 0.119 e. The Morgan fingerprint density at radius 2 is 1.88 bits per heavy atom. The first-order valence-corrected chi connectivity index (χ1v) is 6.21. The van der Waals surface area contributed by atoms with Gasteiger partial charge in [-0.1, -0.05) is 19.1 Å². The highest BCUT2D eigenvalue weighted by atomic mass is 16.5. The summed E-state index contributed by atoms with van der Waals surface area (Å²) in [6.45, 7) is 8.17. The molecule has 1 atom stereocenters. The van der Waals surface area contributed by atoms with Crippen LogP contribution in [0.4, 0.5) is 0 Å². The Morgan fingerprint density at radius 1 is 1.19 bits per heavy atom. The number of hydrogen-bond acceptors (Lipinski definition) is 2. The van der Waals surface area contributed by atoms with Crippen LogP contribution in [0, 0.1) is 0 Å². The Kier molecular flexibility index (Phi) is 5.94. The van der Waals surface area contributed by atoms with Gasteiger partial charge in [0.05, 0.1) is 6.61 Å². The van der Waals surface area contributed by atoms with Gasteiger partial charge in [-0.15, -0.1) is 0 Å². The molecule has 0 aliphatic rings. The third-order valence-corrected chi connectivity index (χ3v) is 2.65. The smallest absolute Gasteiger partial charge is 0.119 e. The van der Waals surface area contributed by atoms with E-state index in [9.17, 15) is 0 Å². The number of hydrogen-bond donors (Lipinski definition) is 1. The molecule has 1 N–H and O–H groups in total. The van der Waals surface area contributed by atoms with E-state index in [1.54, 1.807) is 0 Å². The molecule has 2 heteroatoms. The van der Waals surface area contributed by atoms with Crippen LogP contribution in [-0.4, -0.2) is 19.2 Å². The van der Waals surface area contributed by atoms with Gasteiger partial charge in [0, 0.05) is 6.04 Å². The summed E-state index contributed by atoms with van der Waals surface area (Å²) >= 11 is 0. The fourth-order valence-electron chi connectivity index (χ4n) is 1.75. The minimum Gasteiger partial charge on any atom is -0.494 e. The van der Waals surface area contributed by atoms with Crippen LogP contribution in [0.1, 0.15) is 32.8 Å². The van der Waals surface area contributed by atoms with E-state index in [2.05, 4.69) is 43.4 Å². The topological polar surface area (TPSA) is 21.3 Å². The monoisotopic (exact) mass is 221 g/mol. The van der Waals surface area contributed by atoms with E-state index >= 15 is 0 Å². The number of aryl methyl sites for hydroxylation is 1. The molecule has 0 aromatic heterocycles. The first-order valence-electron chi connectivity index (χ1n) is 6.21. The largest absolute Gasteiger partial charge is 0.494 e. The molecule has 0 aliphatic carbocycles. The summed E-state index contributed by atoms with van der Waals surface area (Å²) in [7, 11) is 0. The summed E-state index contributed by atoms with van der Waals surface area (Å²) in [6, 6.07) is 9.01. The van der Waals surface area contributed by atoms with Crippen LogP contribution in [-0.2, 0) is 6.42 Å². The van der Waals surface area contributed by atoms with E-state index < -0.39 is 0 Å². The van der Waals surface area contributed by atoms with Crippen molar-refractivity contribution >= 4 is 0 Å². The molecular weight excluding hydrogens is 198 g/mol. The van der Waals surface area contributed by atoms with Crippen molar-refractivity contribution in [3.63, 3.8) is 0 Å². The zero-order chi connectivity index (χ0) is 11.8. The predicted octanol–water partition coefficient (Wildman–Crippen LogP) is 3.02. The van der Waals surface area contributed by atoms with Gasteiger partial charge in [0.15, 0.2) is 0 Å². The standard InChI is InChI=1S/C14H23NO/c1-4-15-12(3)6-7-13-8-10-14(11-9-13)16-5-2/h8-12,15H,4-7H2,1-3H3. The average Bonchev–Trinajstić information content (AvgIpc) is 2.29. The van der Waals surface area contributed by atoms with Crippen LogP contribution in [0.3, 0.4) is 0 Å². The second-order valence-corrected chi connectivity index (χ2v) is 4.07. The first kappa shape index (κ1) is 13.0. The predicted molar refractivity (Wildman–Crippen MR) is 69.1 cm³/mol. The number of benzene rings is 1. The van der Waals surface area contributed by atoms with Gasteiger partial charge in [0.1, 0.15) is 5.75 Å². The molecule has 1 aromatic carbocycles. The lowest BCUT2D eigenvalue weighted by Crippen LogP contribution is -2.25. The van der Waals surface area contributed by atoms with Crippen LogP contribution >= 0.6 is 0 Å². The third-order valence-electron chi connectivity index (χ3n) is 2.65. The molecule has 0 radical (unpaired) electrons. The average molecular weight is 221 g/mol. The Balaban J connectivity index is 2.37. The lowest BCUT2D eigenvalue weighted by atomic mass is 10.1. The quantitative estimate of drug-likeness (QED) is 0.764. The van der Waals surface area contributed by atoms with Gasteiger partial charge in [-0.2, -0.15) is 0 Å². The van der Waals surface area contributed by atoms with Crippen molar-refractivity contribution in [1.29, 1.82) is 0 Å². The molecule has 1 rings (SSSR count). The summed E-state index contributed by atoms with van der Waals surface area (Å²) in [4.78, 5) is 0. The maximum absolute atomic E-state index is 5.41. The Morgan fingerprint density at radius 3 is 2.44 bits per heavy atom. The van der Waals surface area contributed by atoms with Gasteiger partial charge >= 0.3 is 0 Å². The van der Waals surface area contributed by atoms with Gasteiger partial charge in [-0.05, 0) is 50.9 Å². The van der Waals surface area contributed by atoms with Crippen LogP contribution < -0.4 is 10.1 Å². The summed E-state index contributed by atoms with van der Waals surface area (Å²) < 4.78 is 5.41. The lowest BCUT2D eigenvalue weighted by molar-refractivity contribution is 0.340. The highest BCUT2D eigenvalue weighted by Gasteiger charge is 2.00. The lowest BCUT2D eigenvalue weighted by Gasteiger charge is -2.12. The van der Waals surface area contributed by atoms with Gasteiger partial charge in [0.25, 0.3) is 0 Å². The molecule has 0 aliphatic heterocycles. The van der Waals surface area contributed by atoms with Gasteiger partial charge < -0.3 is 10.1 Å². The Labute approximate surface area is 99.0 Å².